The van der Waals surface area contributed by atoms with Crippen LogP contribution in [0.25, 0.3) is 34.2 Å². The van der Waals surface area contributed by atoms with E-state index < -0.39 is 23.5 Å². The summed E-state index contributed by atoms with van der Waals surface area (Å²) in [6.45, 7) is 4.03. The molecule has 47 heavy (non-hydrogen) atoms. The highest BCUT2D eigenvalue weighted by atomic mass is 19.4. The van der Waals surface area contributed by atoms with E-state index in [1.54, 1.807) is 0 Å². The Morgan fingerprint density at radius 1 is 0.383 bits per heavy atom. The lowest BCUT2D eigenvalue weighted by molar-refractivity contribution is -0.138. The molecular weight excluding hydrogens is 614 g/mol. The average molecular weight is 641 g/mol. The maximum absolute atomic E-state index is 13.2. The fourth-order valence-electron chi connectivity index (χ4n) is 4.97. The molecule has 0 N–H and O–H groups in total. The molecule has 0 saturated heterocycles. The zero-order valence-electron chi connectivity index (χ0n) is 25.1. The molecule has 0 saturated carbocycles. The summed E-state index contributed by atoms with van der Waals surface area (Å²) in [5, 5.41) is 0. The Balaban J connectivity index is 1.43. The molecule has 0 unspecified atom stereocenters. The zero-order valence-corrected chi connectivity index (χ0v) is 25.1. The van der Waals surface area contributed by atoms with Crippen molar-refractivity contribution in [3.05, 3.63) is 144 Å². The molecule has 0 aliphatic carbocycles. The highest BCUT2D eigenvalue weighted by Gasteiger charge is 2.31. The molecule has 6 aromatic rings. The van der Waals surface area contributed by atoms with Crippen LogP contribution in [0.3, 0.4) is 0 Å². The summed E-state index contributed by atoms with van der Waals surface area (Å²) in [6.07, 6.45) is -9.05. The van der Waals surface area contributed by atoms with Crippen molar-refractivity contribution < 1.29 is 26.3 Å². The lowest BCUT2D eigenvalue weighted by Gasteiger charge is -2.26. The summed E-state index contributed by atoms with van der Waals surface area (Å²) in [4.78, 5) is 15.6. The molecule has 0 bridgehead atoms. The Labute approximate surface area is 267 Å². The van der Waals surface area contributed by atoms with Crippen molar-refractivity contribution in [3.63, 3.8) is 0 Å². The van der Waals surface area contributed by atoms with E-state index in [-0.39, 0.29) is 28.6 Å². The van der Waals surface area contributed by atoms with Crippen LogP contribution in [0.2, 0.25) is 0 Å². The highest BCUT2D eigenvalue weighted by molar-refractivity contribution is 5.78. The number of alkyl halides is 6. The molecule has 5 aromatic carbocycles. The lowest BCUT2D eigenvalue weighted by atomic mass is 10.1. The summed E-state index contributed by atoms with van der Waals surface area (Å²) in [5.41, 5.74) is 4.47. The van der Waals surface area contributed by atoms with Crippen LogP contribution in [-0.2, 0) is 12.4 Å². The highest BCUT2D eigenvalue weighted by Crippen LogP contribution is 2.37. The van der Waals surface area contributed by atoms with Gasteiger partial charge in [0.05, 0.1) is 11.1 Å². The van der Waals surface area contributed by atoms with E-state index in [0.29, 0.717) is 5.56 Å². The molecule has 0 amide bonds. The smallest absolute Gasteiger partial charge is 0.311 e. The fourth-order valence-corrected chi connectivity index (χ4v) is 4.97. The second kappa shape index (κ2) is 12.4. The van der Waals surface area contributed by atoms with Gasteiger partial charge < -0.3 is 4.90 Å². The van der Waals surface area contributed by atoms with Gasteiger partial charge >= 0.3 is 12.4 Å². The fraction of sp³-hybridized carbons (Fsp3) is 0.108. The van der Waals surface area contributed by atoms with Crippen LogP contribution in [-0.4, -0.2) is 15.0 Å². The van der Waals surface area contributed by atoms with Crippen molar-refractivity contribution in [2.45, 2.75) is 26.2 Å². The Bertz CT molecular complexity index is 1860. The molecule has 4 nitrogen and oxygen atoms in total. The van der Waals surface area contributed by atoms with Crippen LogP contribution in [0.5, 0.6) is 0 Å². The van der Waals surface area contributed by atoms with Gasteiger partial charge in [0.15, 0.2) is 17.5 Å². The average Bonchev–Trinajstić information content (AvgIpc) is 3.06. The molecule has 0 spiro atoms. The summed E-state index contributed by atoms with van der Waals surface area (Å²) >= 11 is 0. The van der Waals surface area contributed by atoms with Crippen LogP contribution in [0.1, 0.15) is 22.3 Å². The van der Waals surface area contributed by atoms with Gasteiger partial charge in [-0.05, 0) is 86.6 Å². The van der Waals surface area contributed by atoms with Crippen LogP contribution < -0.4 is 4.90 Å². The van der Waals surface area contributed by atoms with Crippen molar-refractivity contribution in [1.82, 2.24) is 15.0 Å². The van der Waals surface area contributed by atoms with Crippen molar-refractivity contribution in [2.24, 2.45) is 0 Å². The van der Waals surface area contributed by atoms with E-state index in [9.17, 15) is 26.3 Å². The molecule has 0 radical (unpaired) electrons. The number of rotatable bonds is 6. The zero-order chi connectivity index (χ0) is 33.3. The van der Waals surface area contributed by atoms with Crippen LogP contribution in [0.15, 0.2) is 121 Å². The number of benzene rings is 5. The molecule has 0 atom stereocenters. The van der Waals surface area contributed by atoms with Gasteiger partial charge in [0, 0.05) is 33.8 Å². The molecule has 1 heterocycles. The molecule has 0 fully saturated rings. The first-order chi connectivity index (χ1) is 22.3. The molecule has 236 valence electrons. The maximum atomic E-state index is 13.2. The van der Waals surface area contributed by atoms with Crippen molar-refractivity contribution in [3.8, 4) is 34.2 Å². The molecule has 1 aromatic heterocycles. The Morgan fingerprint density at radius 3 is 0.915 bits per heavy atom. The van der Waals surface area contributed by atoms with Gasteiger partial charge in [0.1, 0.15) is 0 Å². The predicted molar refractivity (Wildman–Crippen MR) is 170 cm³/mol. The standard InChI is InChI=1S/C37H26F6N4/c1-23-3-17-30(18-4-23)47(31-19-5-24(2)6-20-31)32-21-11-27(12-22-32)35-45-33(25-7-13-28(14-8-25)36(38,39)40)44-34(46-35)26-9-15-29(16-10-26)37(41,42)43/h3-22H,1-2H3. The third-order valence-corrected chi connectivity index (χ3v) is 7.54. The number of aromatic nitrogens is 3. The molecule has 0 aliphatic rings. The Morgan fingerprint density at radius 2 is 0.638 bits per heavy atom. The van der Waals surface area contributed by atoms with Gasteiger partial charge in [0.2, 0.25) is 0 Å². The normalized spacial score (nSPS) is 11.8. The SMILES string of the molecule is Cc1ccc(N(c2ccc(C)cc2)c2ccc(-c3nc(-c4ccc(C(F)(F)F)cc4)nc(-c4ccc(C(F)(F)F)cc4)n3)cc2)cc1. The van der Waals surface area contributed by atoms with Gasteiger partial charge in [-0.1, -0.05) is 59.7 Å². The molecule has 0 aliphatic heterocycles. The summed E-state index contributed by atoms with van der Waals surface area (Å²) in [6, 6.07) is 32.4. The minimum atomic E-state index is -4.53. The first kappa shape index (κ1) is 31.5. The number of anilines is 3. The quantitative estimate of drug-likeness (QED) is 0.170. The van der Waals surface area contributed by atoms with Crippen LogP contribution >= 0.6 is 0 Å². The molecular formula is C37H26F6N4. The van der Waals surface area contributed by atoms with Gasteiger partial charge in [0.25, 0.3) is 0 Å². The minimum Gasteiger partial charge on any atom is -0.311 e. The van der Waals surface area contributed by atoms with Gasteiger partial charge in [-0.3, -0.25) is 0 Å². The van der Waals surface area contributed by atoms with E-state index in [4.69, 9.17) is 0 Å². The van der Waals surface area contributed by atoms with Gasteiger partial charge in [-0.2, -0.15) is 26.3 Å². The van der Waals surface area contributed by atoms with E-state index in [1.807, 2.05) is 86.6 Å². The van der Waals surface area contributed by atoms with E-state index >= 15 is 0 Å². The van der Waals surface area contributed by atoms with Crippen molar-refractivity contribution in [1.29, 1.82) is 0 Å². The van der Waals surface area contributed by atoms with Gasteiger partial charge in [-0.15, -0.1) is 0 Å². The van der Waals surface area contributed by atoms with Crippen LogP contribution in [0.4, 0.5) is 43.4 Å². The molecule has 6 rings (SSSR count). The first-order valence-electron chi connectivity index (χ1n) is 14.5. The lowest BCUT2D eigenvalue weighted by Crippen LogP contribution is -2.10. The second-order valence-electron chi connectivity index (χ2n) is 11.0. The Kier molecular flexibility index (Phi) is 8.27. The van der Waals surface area contributed by atoms with E-state index in [2.05, 4.69) is 19.9 Å². The number of halogens is 6. The summed E-state index contributed by atoms with van der Waals surface area (Å²) in [7, 11) is 0. The Hall–Kier alpha value is -5.51. The maximum Gasteiger partial charge on any atom is 0.416 e. The van der Waals surface area contributed by atoms with E-state index in [1.165, 1.54) is 24.3 Å². The third-order valence-electron chi connectivity index (χ3n) is 7.54. The number of hydrogen-bond acceptors (Lipinski definition) is 4. The predicted octanol–water partition coefficient (Wildman–Crippen LogP) is 11.0. The number of hydrogen-bond donors (Lipinski definition) is 0. The van der Waals surface area contributed by atoms with Gasteiger partial charge in [-0.25, -0.2) is 15.0 Å². The summed E-state index contributed by atoms with van der Waals surface area (Å²) in [5.74, 6) is 0.348. The molecule has 10 heteroatoms. The monoisotopic (exact) mass is 640 g/mol. The largest absolute Gasteiger partial charge is 0.416 e. The first-order valence-corrected chi connectivity index (χ1v) is 14.5. The van der Waals surface area contributed by atoms with E-state index in [0.717, 1.165) is 52.5 Å². The topological polar surface area (TPSA) is 41.9 Å². The summed E-state index contributed by atoms with van der Waals surface area (Å²) < 4.78 is 79.4. The number of aryl methyl sites for hydroxylation is 2. The van der Waals surface area contributed by atoms with Crippen molar-refractivity contribution in [2.75, 3.05) is 4.90 Å². The van der Waals surface area contributed by atoms with Crippen molar-refractivity contribution >= 4 is 17.1 Å². The van der Waals surface area contributed by atoms with Crippen LogP contribution in [0, 0.1) is 13.8 Å². The second-order valence-corrected chi connectivity index (χ2v) is 11.0. The third kappa shape index (κ3) is 7.01. The minimum absolute atomic E-state index is 0.0728. The number of nitrogens with zero attached hydrogens (tertiary/aromatic N) is 4.